The summed E-state index contributed by atoms with van der Waals surface area (Å²) in [6, 6.07) is 0.495. The molecule has 0 aliphatic carbocycles. The molecule has 0 saturated heterocycles. The first-order chi connectivity index (χ1) is 6.49. The molecule has 0 unspecified atom stereocenters. The maximum atomic E-state index is 13.0. The highest BCUT2D eigenvalue weighted by molar-refractivity contribution is 5.97. The van der Waals surface area contributed by atoms with Gasteiger partial charge < -0.3 is 9.84 Å². The van der Waals surface area contributed by atoms with Crippen LogP contribution in [-0.2, 0) is 0 Å². The number of aromatic hydroxyl groups is 1. The van der Waals surface area contributed by atoms with Crippen molar-refractivity contribution >= 4 is 5.78 Å². The number of phenolic OH excluding ortho intramolecular Hbond substituents is 1. The Morgan fingerprint density at radius 3 is 2.43 bits per heavy atom. The van der Waals surface area contributed by atoms with Crippen LogP contribution in [0.4, 0.5) is 8.78 Å². The average molecular weight is 202 g/mol. The van der Waals surface area contributed by atoms with E-state index in [1.165, 1.54) is 0 Å². The van der Waals surface area contributed by atoms with E-state index in [1.807, 2.05) is 0 Å². The standard InChI is InChI=1S/C9H8F2O3/c1-4(12)7-5(10)3-6(11)9(14-2)8(7)13/h3,13H,1-2H3. The van der Waals surface area contributed by atoms with Gasteiger partial charge in [-0.3, -0.25) is 4.79 Å². The number of hydrogen-bond donors (Lipinski definition) is 1. The van der Waals surface area contributed by atoms with E-state index in [9.17, 15) is 18.7 Å². The Bertz CT molecular complexity index is 388. The predicted octanol–water partition coefficient (Wildman–Crippen LogP) is 1.88. The van der Waals surface area contributed by atoms with E-state index >= 15 is 0 Å². The molecule has 76 valence electrons. The molecule has 0 radical (unpaired) electrons. The molecule has 3 nitrogen and oxygen atoms in total. The summed E-state index contributed by atoms with van der Waals surface area (Å²) in [7, 11) is 1.11. The Hall–Kier alpha value is -1.65. The molecule has 0 aromatic heterocycles. The smallest absolute Gasteiger partial charge is 0.197 e. The third-order valence-electron chi connectivity index (χ3n) is 1.72. The number of hydrogen-bond acceptors (Lipinski definition) is 3. The summed E-state index contributed by atoms with van der Waals surface area (Å²) in [6.45, 7) is 1.06. The van der Waals surface area contributed by atoms with Crippen molar-refractivity contribution in [1.82, 2.24) is 0 Å². The maximum absolute atomic E-state index is 13.0. The average Bonchev–Trinajstić information content (AvgIpc) is 2.02. The van der Waals surface area contributed by atoms with Crippen molar-refractivity contribution < 1.29 is 23.4 Å². The number of Topliss-reactive ketones (excluding diaryl/α,β-unsaturated/α-hetero) is 1. The Labute approximate surface area is 78.9 Å². The Kier molecular flexibility index (Phi) is 2.69. The summed E-state index contributed by atoms with van der Waals surface area (Å²) in [5, 5.41) is 9.30. The van der Waals surface area contributed by atoms with E-state index in [2.05, 4.69) is 4.74 Å². The first-order valence-corrected chi connectivity index (χ1v) is 3.75. The van der Waals surface area contributed by atoms with Gasteiger partial charge >= 0.3 is 0 Å². The van der Waals surface area contributed by atoms with Crippen LogP contribution in [0.2, 0.25) is 0 Å². The Balaban J connectivity index is 3.52. The normalized spacial score (nSPS) is 10.0. The van der Waals surface area contributed by atoms with Gasteiger partial charge in [0.25, 0.3) is 0 Å². The number of ether oxygens (including phenoxy) is 1. The summed E-state index contributed by atoms with van der Waals surface area (Å²) < 4.78 is 30.4. The molecule has 1 aromatic carbocycles. The Morgan fingerprint density at radius 2 is 2.00 bits per heavy atom. The quantitative estimate of drug-likeness (QED) is 0.745. The minimum absolute atomic E-state index is 0.495. The van der Waals surface area contributed by atoms with Crippen molar-refractivity contribution in [1.29, 1.82) is 0 Å². The lowest BCUT2D eigenvalue weighted by molar-refractivity contribution is 0.101. The molecule has 0 saturated carbocycles. The van der Waals surface area contributed by atoms with Crippen molar-refractivity contribution in [2.24, 2.45) is 0 Å². The van der Waals surface area contributed by atoms with Gasteiger partial charge in [0.2, 0.25) is 0 Å². The number of carbonyl (C=O) groups is 1. The molecule has 1 rings (SSSR count). The van der Waals surface area contributed by atoms with E-state index < -0.39 is 34.5 Å². The molecule has 1 N–H and O–H groups in total. The maximum Gasteiger partial charge on any atom is 0.197 e. The lowest BCUT2D eigenvalue weighted by Crippen LogP contribution is -2.01. The monoisotopic (exact) mass is 202 g/mol. The molecular weight excluding hydrogens is 194 g/mol. The van der Waals surface area contributed by atoms with Crippen LogP contribution in [0.3, 0.4) is 0 Å². The van der Waals surface area contributed by atoms with Crippen LogP contribution in [0, 0.1) is 11.6 Å². The lowest BCUT2D eigenvalue weighted by Gasteiger charge is -2.08. The molecule has 5 heteroatoms. The molecule has 1 aromatic rings. The lowest BCUT2D eigenvalue weighted by atomic mass is 10.1. The molecule has 14 heavy (non-hydrogen) atoms. The summed E-state index contributed by atoms with van der Waals surface area (Å²) >= 11 is 0. The molecule has 0 aliphatic heterocycles. The zero-order valence-electron chi connectivity index (χ0n) is 7.60. The van der Waals surface area contributed by atoms with Gasteiger partial charge in [-0.15, -0.1) is 0 Å². The van der Waals surface area contributed by atoms with Crippen molar-refractivity contribution in [3.05, 3.63) is 23.3 Å². The molecule has 0 fully saturated rings. The van der Waals surface area contributed by atoms with Crippen LogP contribution in [-0.4, -0.2) is 18.0 Å². The van der Waals surface area contributed by atoms with Crippen LogP contribution in [0.1, 0.15) is 17.3 Å². The number of rotatable bonds is 2. The highest BCUT2D eigenvalue weighted by Gasteiger charge is 2.21. The fraction of sp³-hybridized carbons (Fsp3) is 0.222. The highest BCUT2D eigenvalue weighted by atomic mass is 19.1. The van der Waals surface area contributed by atoms with Gasteiger partial charge in [0.15, 0.2) is 23.1 Å². The number of benzene rings is 1. The van der Waals surface area contributed by atoms with Gasteiger partial charge in [-0.1, -0.05) is 0 Å². The second-order valence-corrected chi connectivity index (χ2v) is 2.65. The van der Waals surface area contributed by atoms with Crippen molar-refractivity contribution in [3.63, 3.8) is 0 Å². The van der Waals surface area contributed by atoms with Crippen LogP contribution in [0.5, 0.6) is 11.5 Å². The van der Waals surface area contributed by atoms with Gasteiger partial charge in [0.1, 0.15) is 5.82 Å². The molecule has 0 aliphatic rings. The minimum atomic E-state index is -1.10. The van der Waals surface area contributed by atoms with Crippen LogP contribution in [0.15, 0.2) is 6.07 Å². The number of methoxy groups -OCH3 is 1. The van der Waals surface area contributed by atoms with Gasteiger partial charge in [-0.25, -0.2) is 8.78 Å². The summed E-state index contributed by atoms with van der Waals surface area (Å²) in [4.78, 5) is 10.9. The molecule has 0 amide bonds. The van der Waals surface area contributed by atoms with Crippen LogP contribution >= 0.6 is 0 Å². The van der Waals surface area contributed by atoms with Gasteiger partial charge in [-0.2, -0.15) is 0 Å². The van der Waals surface area contributed by atoms with Crippen molar-refractivity contribution in [2.45, 2.75) is 6.92 Å². The van der Waals surface area contributed by atoms with E-state index in [0.717, 1.165) is 14.0 Å². The third-order valence-corrected chi connectivity index (χ3v) is 1.72. The van der Waals surface area contributed by atoms with Crippen LogP contribution < -0.4 is 4.74 Å². The fourth-order valence-corrected chi connectivity index (χ4v) is 1.12. The van der Waals surface area contributed by atoms with E-state index in [0.29, 0.717) is 6.07 Å². The molecular formula is C9H8F2O3. The van der Waals surface area contributed by atoms with E-state index in [4.69, 9.17) is 0 Å². The zero-order valence-corrected chi connectivity index (χ0v) is 7.60. The predicted molar refractivity (Wildman–Crippen MR) is 44.6 cm³/mol. The minimum Gasteiger partial charge on any atom is -0.504 e. The van der Waals surface area contributed by atoms with E-state index in [-0.39, 0.29) is 0 Å². The second kappa shape index (κ2) is 3.61. The summed E-state index contributed by atoms with van der Waals surface area (Å²) in [5.74, 6) is -4.19. The topological polar surface area (TPSA) is 46.5 Å². The largest absolute Gasteiger partial charge is 0.504 e. The highest BCUT2D eigenvalue weighted by Crippen LogP contribution is 2.34. The van der Waals surface area contributed by atoms with Crippen molar-refractivity contribution in [3.8, 4) is 11.5 Å². The van der Waals surface area contributed by atoms with Crippen molar-refractivity contribution in [2.75, 3.05) is 7.11 Å². The number of carbonyl (C=O) groups excluding carboxylic acids is 1. The Morgan fingerprint density at radius 1 is 1.43 bits per heavy atom. The van der Waals surface area contributed by atoms with E-state index in [1.54, 1.807) is 0 Å². The number of phenols is 1. The van der Waals surface area contributed by atoms with Gasteiger partial charge in [0.05, 0.1) is 12.7 Å². The molecule has 0 atom stereocenters. The van der Waals surface area contributed by atoms with Gasteiger partial charge in [0, 0.05) is 6.07 Å². The SMILES string of the molecule is COc1c(F)cc(F)c(C(C)=O)c1O. The summed E-state index contributed by atoms with van der Waals surface area (Å²) in [6.07, 6.45) is 0. The van der Waals surface area contributed by atoms with Crippen LogP contribution in [0.25, 0.3) is 0 Å². The second-order valence-electron chi connectivity index (χ2n) is 2.65. The fourth-order valence-electron chi connectivity index (χ4n) is 1.12. The third kappa shape index (κ3) is 1.53. The summed E-state index contributed by atoms with van der Waals surface area (Å²) in [5.41, 5.74) is -0.566. The zero-order chi connectivity index (χ0) is 10.9. The number of halogens is 2. The first kappa shape index (κ1) is 10.4. The van der Waals surface area contributed by atoms with Gasteiger partial charge in [-0.05, 0) is 6.92 Å². The first-order valence-electron chi connectivity index (χ1n) is 3.75. The number of ketones is 1. The molecule has 0 spiro atoms. The molecule has 0 bridgehead atoms. The molecule has 0 heterocycles.